The maximum absolute atomic E-state index is 11.4. The van der Waals surface area contributed by atoms with Crippen LogP contribution < -0.4 is 11.1 Å². The molecule has 0 spiro atoms. The summed E-state index contributed by atoms with van der Waals surface area (Å²) in [5.74, 6) is -0.0477. The second-order valence-electron chi connectivity index (χ2n) is 4.82. The Labute approximate surface area is 111 Å². The Morgan fingerprint density at radius 2 is 2.26 bits per heavy atom. The van der Waals surface area contributed by atoms with Crippen LogP contribution in [0.3, 0.4) is 0 Å². The lowest BCUT2D eigenvalue weighted by molar-refractivity contribution is 0.218. The molecule has 2 N–H and O–H groups in total. The molecular weight excluding hydrogens is 244 g/mol. The predicted molar refractivity (Wildman–Crippen MR) is 74.0 cm³/mol. The van der Waals surface area contributed by atoms with Crippen LogP contribution in [0.5, 0.6) is 0 Å². The van der Waals surface area contributed by atoms with Gasteiger partial charge in [0.1, 0.15) is 0 Å². The van der Waals surface area contributed by atoms with Crippen LogP contribution in [-0.4, -0.2) is 22.8 Å². The standard InChI is InChI=1S/C14H20N2O3/c1-3-10(9-17)7-15-8-11-4-5-13-12(6-11)16(2)14(18)19-13/h4-6,10,15,17H,3,7-9H2,1-2H3. The zero-order chi connectivity index (χ0) is 13.8. The summed E-state index contributed by atoms with van der Waals surface area (Å²) in [5, 5.41) is 12.4. The van der Waals surface area contributed by atoms with Crippen LogP contribution in [-0.2, 0) is 13.6 Å². The SMILES string of the molecule is CCC(CO)CNCc1ccc2oc(=O)n(C)c2c1. The van der Waals surface area contributed by atoms with Crippen LogP contribution in [0.1, 0.15) is 18.9 Å². The third-order valence-corrected chi connectivity index (χ3v) is 3.45. The Kier molecular flexibility index (Phi) is 4.39. The summed E-state index contributed by atoms with van der Waals surface area (Å²) in [7, 11) is 1.70. The molecule has 0 radical (unpaired) electrons. The first kappa shape index (κ1) is 13.8. The predicted octanol–water partition coefficient (Wildman–Crippen LogP) is 1.24. The molecule has 104 valence electrons. The summed E-state index contributed by atoms with van der Waals surface area (Å²) in [6, 6.07) is 5.71. The molecule has 19 heavy (non-hydrogen) atoms. The molecule has 0 saturated carbocycles. The second kappa shape index (κ2) is 6.04. The van der Waals surface area contributed by atoms with Gasteiger partial charge in [-0.2, -0.15) is 0 Å². The quantitative estimate of drug-likeness (QED) is 0.823. The molecule has 1 aromatic heterocycles. The van der Waals surface area contributed by atoms with E-state index in [2.05, 4.69) is 12.2 Å². The summed E-state index contributed by atoms with van der Waals surface area (Å²) >= 11 is 0. The van der Waals surface area contributed by atoms with Crippen LogP contribution in [0.2, 0.25) is 0 Å². The van der Waals surface area contributed by atoms with Gasteiger partial charge in [0.05, 0.1) is 5.52 Å². The zero-order valence-electron chi connectivity index (χ0n) is 11.3. The van der Waals surface area contributed by atoms with Crippen molar-refractivity contribution in [2.24, 2.45) is 13.0 Å². The molecule has 0 fully saturated rings. The van der Waals surface area contributed by atoms with E-state index in [-0.39, 0.29) is 12.4 Å². The number of nitrogens with one attached hydrogen (secondary N) is 1. The van der Waals surface area contributed by atoms with E-state index in [9.17, 15) is 4.79 Å². The third-order valence-electron chi connectivity index (χ3n) is 3.45. The van der Waals surface area contributed by atoms with Gasteiger partial charge in [0.15, 0.2) is 5.58 Å². The molecule has 2 aromatic rings. The number of rotatable bonds is 6. The highest BCUT2D eigenvalue weighted by Gasteiger charge is 2.07. The van der Waals surface area contributed by atoms with E-state index < -0.39 is 0 Å². The van der Waals surface area contributed by atoms with E-state index in [1.54, 1.807) is 7.05 Å². The van der Waals surface area contributed by atoms with Crippen molar-refractivity contribution in [3.05, 3.63) is 34.3 Å². The number of aliphatic hydroxyl groups is 1. The maximum Gasteiger partial charge on any atom is 0.419 e. The van der Waals surface area contributed by atoms with Gasteiger partial charge in [-0.05, 0) is 30.0 Å². The minimum Gasteiger partial charge on any atom is -0.408 e. The van der Waals surface area contributed by atoms with Gasteiger partial charge in [0.25, 0.3) is 0 Å². The normalized spacial score (nSPS) is 13.0. The molecule has 0 aliphatic heterocycles. The molecule has 5 nitrogen and oxygen atoms in total. The smallest absolute Gasteiger partial charge is 0.408 e. The molecule has 0 aliphatic carbocycles. The highest BCUT2D eigenvalue weighted by molar-refractivity contribution is 5.73. The van der Waals surface area contributed by atoms with Crippen LogP contribution in [0.4, 0.5) is 0 Å². The summed E-state index contributed by atoms with van der Waals surface area (Å²) < 4.78 is 6.59. The second-order valence-corrected chi connectivity index (χ2v) is 4.82. The van der Waals surface area contributed by atoms with Gasteiger partial charge in [-0.15, -0.1) is 0 Å². The third kappa shape index (κ3) is 3.05. The topological polar surface area (TPSA) is 67.4 Å². The number of fused-ring (bicyclic) bond motifs is 1. The Morgan fingerprint density at radius 3 is 2.95 bits per heavy atom. The van der Waals surface area contributed by atoms with Crippen molar-refractivity contribution in [1.29, 1.82) is 0 Å². The summed E-state index contributed by atoms with van der Waals surface area (Å²) in [6.45, 7) is 3.77. The Bertz CT molecular complexity index is 596. The van der Waals surface area contributed by atoms with Crippen molar-refractivity contribution in [2.45, 2.75) is 19.9 Å². The lowest BCUT2D eigenvalue weighted by Gasteiger charge is -2.12. The first-order valence-corrected chi connectivity index (χ1v) is 6.55. The fourth-order valence-corrected chi connectivity index (χ4v) is 2.04. The van der Waals surface area contributed by atoms with Gasteiger partial charge in [-0.1, -0.05) is 13.0 Å². The van der Waals surface area contributed by atoms with E-state index in [4.69, 9.17) is 9.52 Å². The average Bonchev–Trinajstić information content (AvgIpc) is 2.71. The summed E-state index contributed by atoms with van der Waals surface area (Å²) in [4.78, 5) is 11.4. The van der Waals surface area contributed by atoms with Gasteiger partial charge in [0, 0.05) is 26.7 Å². The number of hydrogen-bond donors (Lipinski definition) is 2. The molecule has 1 aromatic carbocycles. The highest BCUT2D eigenvalue weighted by atomic mass is 16.4. The van der Waals surface area contributed by atoms with Crippen molar-refractivity contribution >= 4 is 11.1 Å². The first-order chi connectivity index (χ1) is 9.15. The Balaban J connectivity index is 2.05. The van der Waals surface area contributed by atoms with Crippen LogP contribution in [0.25, 0.3) is 11.1 Å². The van der Waals surface area contributed by atoms with Crippen molar-refractivity contribution in [1.82, 2.24) is 9.88 Å². The molecule has 0 aliphatic rings. The Hall–Kier alpha value is -1.59. The maximum atomic E-state index is 11.4. The van der Waals surface area contributed by atoms with Gasteiger partial charge in [0.2, 0.25) is 0 Å². The highest BCUT2D eigenvalue weighted by Crippen LogP contribution is 2.14. The number of benzene rings is 1. The molecule has 2 rings (SSSR count). The fourth-order valence-electron chi connectivity index (χ4n) is 2.04. The monoisotopic (exact) mass is 264 g/mol. The average molecular weight is 264 g/mol. The van der Waals surface area contributed by atoms with Crippen LogP contribution in [0.15, 0.2) is 27.4 Å². The van der Waals surface area contributed by atoms with Gasteiger partial charge >= 0.3 is 5.76 Å². The number of aryl methyl sites for hydroxylation is 1. The number of hydrogen-bond acceptors (Lipinski definition) is 4. The van der Waals surface area contributed by atoms with Gasteiger partial charge in [-0.25, -0.2) is 4.79 Å². The van der Waals surface area contributed by atoms with E-state index in [1.165, 1.54) is 4.57 Å². The Morgan fingerprint density at radius 1 is 1.47 bits per heavy atom. The number of aliphatic hydroxyl groups excluding tert-OH is 1. The minimum atomic E-state index is -0.341. The number of aromatic nitrogens is 1. The van der Waals surface area contributed by atoms with E-state index in [0.717, 1.165) is 24.0 Å². The van der Waals surface area contributed by atoms with Crippen molar-refractivity contribution in [3.63, 3.8) is 0 Å². The van der Waals surface area contributed by atoms with E-state index in [1.807, 2.05) is 18.2 Å². The van der Waals surface area contributed by atoms with Crippen LogP contribution >= 0.6 is 0 Å². The molecular formula is C14H20N2O3. The molecule has 1 atom stereocenters. The lowest BCUT2D eigenvalue weighted by atomic mass is 10.1. The van der Waals surface area contributed by atoms with Crippen molar-refractivity contribution in [2.75, 3.05) is 13.2 Å². The number of nitrogens with zero attached hydrogens (tertiary/aromatic N) is 1. The largest absolute Gasteiger partial charge is 0.419 e. The van der Waals surface area contributed by atoms with Gasteiger partial charge in [-0.3, -0.25) is 4.57 Å². The van der Waals surface area contributed by atoms with E-state index >= 15 is 0 Å². The van der Waals surface area contributed by atoms with Gasteiger partial charge < -0.3 is 14.8 Å². The molecule has 1 unspecified atom stereocenters. The molecule has 5 heteroatoms. The molecule has 1 heterocycles. The van der Waals surface area contributed by atoms with Crippen molar-refractivity contribution in [3.8, 4) is 0 Å². The number of oxazole rings is 1. The molecule has 0 saturated heterocycles. The first-order valence-electron chi connectivity index (χ1n) is 6.55. The summed E-state index contributed by atoms with van der Waals surface area (Å²) in [5.41, 5.74) is 2.51. The van der Waals surface area contributed by atoms with Crippen molar-refractivity contribution < 1.29 is 9.52 Å². The lowest BCUT2D eigenvalue weighted by Crippen LogP contribution is -2.24. The van der Waals surface area contributed by atoms with Crippen LogP contribution in [0, 0.1) is 5.92 Å². The fraction of sp³-hybridized carbons (Fsp3) is 0.500. The molecule has 0 bridgehead atoms. The minimum absolute atomic E-state index is 0.207. The molecule has 0 amide bonds. The summed E-state index contributed by atoms with van der Waals surface area (Å²) in [6.07, 6.45) is 0.957. The van der Waals surface area contributed by atoms with E-state index in [0.29, 0.717) is 18.0 Å². The zero-order valence-corrected chi connectivity index (χ0v) is 11.3.